The summed E-state index contributed by atoms with van der Waals surface area (Å²) in [5.41, 5.74) is 3.56. The summed E-state index contributed by atoms with van der Waals surface area (Å²) in [5, 5.41) is 3.51. The van der Waals surface area contributed by atoms with Gasteiger partial charge in [0.15, 0.2) is 0 Å². The highest BCUT2D eigenvalue weighted by Gasteiger charge is 2.33. The molecular weight excluding hydrogens is 569 g/mol. The highest BCUT2D eigenvalue weighted by molar-refractivity contribution is 7.92. The Balaban J connectivity index is 2.09. The van der Waals surface area contributed by atoms with E-state index in [0.717, 1.165) is 21.0 Å². The Hall–Kier alpha value is -3.07. The number of halogens is 2. The van der Waals surface area contributed by atoms with Crippen LogP contribution in [0.4, 0.5) is 5.69 Å². The van der Waals surface area contributed by atoms with Crippen LogP contribution in [0.15, 0.2) is 65.6 Å². The zero-order valence-corrected chi connectivity index (χ0v) is 25.9. The highest BCUT2D eigenvalue weighted by atomic mass is 35.5. The van der Waals surface area contributed by atoms with Crippen molar-refractivity contribution >= 4 is 50.7 Å². The fourth-order valence-corrected chi connectivity index (χ4v) is 5.97. The van der Waals surface area contributed by atoms with Crippen LogP contribution in [0, 0.1) is 20.8 Å². The molecule has 0 aromatic heterocycles. The summed E-state index contributed by atoms with van der Waals surface area (Å²) in [4.78, 5) is 28.5. The molecule has 0 heterocycles. The zero-order chi connectivity index (χ0) is 29.8. The lowest BCUT2D eigenvalue weighted by atomic mass is 10.1. The number of nitrogens with zero attached hydrogens (tertiary/aromatic N) is 2. The molecule has 0 aliphatic carbocycles. The van der Waals surface area contributed by atoms with Crippen molar-refractivity contribution in [2.45, 2.75) is 65.1 Å². The standard InChI is InChI=1S/C30H35Cl2N3O4S/c1-19(2)33-30(37)23(6)34(17-24-12-15-26(31)27(32)16-24)29(36)18-35(28-9-7-8-21(4)22(28)5)40(38,39)25-13-10-20(3)11-14-25/h7-16,19,23H,17-18H2,1-6H3,(H,33,37). The Morgan fingerprint density at radius 2 is 1.55 bits per heavy atom. The number of aryl methyl sites for hydroxylation is 2. The van der Waals surface area contributed by atoms with Gasteiger partial charge in [0.05, 0.1) is 20.6 Å². The van der Waals surface area contributed by atoms with Crippen LogP contribution in [0.1, 0.15) is 43.0 Å². The Morgan fingerprint density at radius 3 is 2.15 bits per heavy atom. The first-order valence-electron chi connectivity index (χ1n) is 12.9. The van der Waals surface area contributed by atoms with E-state index in [2.05, 4.69) is 5.32 Å². The van der Waals surface area contributed by atoms with Gasteiger partial charge in [0.25, 0.3) is 10.0 Å². The third-order valence-corrected chi connectivity index (χ3v) is 9.18. The van der Waals surface area contributed by atoms with E-state index in [-0.39, 0.29) is 23.4 Å². The SMILES string of the molecule is Cc1ccc(S(=O)(=O)N(CC(=O)N(Cc2ccc(Cl)c(Cl)c2)C(C)C(=O)NC(C)C)c2cccc(C)c2C)cc1. The summed E-state index contributed by atoms with van der Waals surface area (Å²) in [5.74, 6) is -0.905. The number of hydrogen-bond donors (Lipinski definition) is 1. The number of benzene rings is 3. The van der Waals surface area contributed by atoms with Crippen LogP contribution in [0.2, 0.25) is 10.0 Å². The monoisotopic (exact) mass is 603 g/mol. The third kappa shape index (κ3) is 7.36. The molecule has 1 atom stereocenters. The van der Waals surface area contributed by atoms with Crippen LogP contribution in [-0.4, -0.2) is 43.8 Å². The van der Waals surface area contributed by atoms with Crippen LogP contribution in [0.5, 0.6) is 0 Å². The average molecular weight is 605 g/mol. The maximum Gasteiger partial charge on any atom is 0.264 e. The van der Waals surface area contributed by atoms with E-state index in [1.807, 2.05) is 40.7 Å². The average Bonchev–Trinajstić information content (AvgIpc) is 2.89. The fourth-order valence-electron chi connectivity index (χ4n) is 4.18. The summed E-state index contributed by atoms with van der Waals surface area (Å²) < 4.78 is 29.1. The van der Waals surface area contributed by atoms with Crippen LogP contribution in [-0.2, 0) is 26.2 Å². The van der Waals surface area contributed by atoms with Crippen molar-refractivity contribution in [3.8, 4) is 0 Å². The van der Waals surface area contributed by atoms with Gasteiger partial charge in [-0.1, -0.05) is 59.1 Å². The van der Waals surface area contributed by atoms with E-state index in [1.165, 1.54) is 17.0 Å². The smallest absolute Gasteiger partial charge is 0.264 e. The molecule has 0 spiro atoms. The first-order valence-corrected chi connectivity index (χ1v) is 15.1. The number of rotatable bonds is 10. The molecule has 2 amide bonds. The molecule has 0 radical (unpaired) electrons. The molecule has 1 unspecified atom stereocenters. The van der Waals surface area contributed by atoms with E-state index < -0.39 is 28.5 Å². The van der Waals surface area contributed by atoms with Crippen LogP contribution in [0.25, 0.3) is 0 Å². The predicted octanol–water partition coefficient (Wildman–Crippen LogP) is 6.06. The molecule has 0 aliphatic heterocycles. The van der Waals surface area contributed by atoms with Gasteiger partial charge in [-0.3, -0.25) is 13.9 Å². The number of amides is 2. The van der Waals surface area contributed by atoms with Crippen molar-refractivity contribution in [2.24, 2.45) is 0 Å². The molecule has 1 N–H and O–H groups in total. The molecule has 0 bridgehead atoms. The van der Waals surface area contributed by atoms with E-state index in [1.54, 1.807) is 49.4 Å². The van der Waals surface area contributed by atoms with Crippen LogP contribution >= 0.6 is 23.2 Å². The highest BCUT2D eigenvalue weighted by Crippen LogP contribution is 2.30. The number of sulfonamides is 1. The summed E-state index contributed by atoms with van der Waals surface area (Å²) in [6.07, 6.45) is 0. The topological polar surface area (TPSA) is 86.8 Å². The van der Waals surface area contributed by atoms with Gasteiger partial charge in [0.2, 0.25) is 11.8 Å². The molecule has 3 aromatic carbocycles. The molecule has 3 aromatic rings. The van der Waals surface area contributed by atoms with Gasteiger partial charge in [-0.05, 0) is 88.6 Å². The Bertz CT molecular complexity index is 1490. The number of nitrogens with one attached hydrogen (secondary N) is 1. The predicted molar refractivity (Wildman–Crippen MR) is 161 cm³/mol. The Labute approximate surface area is 247 Å². The number of hydrogen-bond acceptors (Lipinski definition) is 4. The normalized spacial score (nSPS) is 12.2. The lowest BCUT2D eigenvalue weighted by molar-refractivity contribution is -0.139. The molecule has 0 saturated carbocycles. The first kappa shape index (κ1) is 31.5. The van der Waals surface area contributed by atoms with Gasteiger partial charge in [-0.15, -0.1) is 0 Å². The van der Waals surface area contributed by atoms with E-state index in [4.69, 9.17) is 23.2 Å². The minimum atomic E-state index is -4.14. The maximum absolute atomic E-state index is 14.0. The molecule has 0 aliphatic rings. The fraction of sp³-hybridized carbons (Fsp3) is 0.333. The van der Waals surface area contributed by atoms with E-state index >= 15 is 0 Å². The Kier molecular flexibility index (Phi) is 10.3. The van der Waals surface area contributed by atoms with Gasteiger partial charge in [-0.2, -0.15) is 0 Å². The lowest BCUT2D eigenvalue weighted by Gasteiger charge is -2.33. The maximum atomic E-state index is 14.0. The minimum absolute atomic E-state index is 0.0215. The minimum Gasteiger partial charge on any atom is -0.352 e. The second kappa shape index (κ2) is 13.1. The van der Waals surface area contributed by atoms with Crippen molar-refractivity contribution in [1.29, 1.82) is 0 Å². The Morgan fingerprint density at radius 1 is 0.900 bits per heavy atom. The molecule has 0 saturated heterocycles. The number of carbonyl (C=O) groups excluding carboxylic acids is 2. The van der Waals surface area contributed by atoms with Gasteiger partial charge in [0.1, 0.15) is 12.6 Å². The molecule has 7 nitrogen and oxygen atoms in total. The van der Waals surface area contributed by atoms with Crippen molar-refractivity contribution in [2.75, 3.05) is 10.8 Å². The van der Waals surface area contributed by atoms with Gasteiger partial charge < -0.3 is 10.2 Å². The molecule has 3 rings (SSSR count). The van der Waals surface area contributed by atoms with Gasteiger partial charge in [0, 0.05) is 12.6 Å². The molecule has 214 valence electrons. The summed E-state index contributed by atoms with van der Waals surface area (Å²) in [6, 6.07) is 15.7. The van der Waals surface area contributed by atoms with Crippen molar-refractivity contribution < 1.29 is 18.0 Å². The quantitative estimate of drug-likeness (QED) is 0.305. The first-order chi connectivity index (χ1) is 18.7. The second-order valence-electron chi connectivity index (χ2n) is 10.2. The van der Waals surface area contributed by atoms with Gasteiger partial charge in [-0.25, -0.2) is 8.42 Å². The van der Waals surface area contributed by atoms with Crippen molar-refractivity contribution in [3.63, 3.8) is 0 Å². The molecule has 40 heavy (non-hydrogen) atoms. The molecule has 10 heteroatoms. The van der Waals surface area contributed by atoms with Crippen LogP contribution in [0.3, 0.4) is 0 Å². The summed E-state index contributed by atoms with van der Waals surface area (Å²) in [7, 11) is -4.14. The van der Waals surface area contributed by atoms with Gasteiger partial charge >= 0.3 is 0 Å². The van der Waals surface area contributed by atoms with Crippen LogP contribution < -0.4 is 9.62 Å². The lowest BCUT2D eigenvalue weighted by Crippen LogP contribution is -2.52. The van der Waals surface area contributed by atoms with E-state index in [0.29, 0.717) is 21.3 Å². The largest absolute Gasteiger partial charge is 0.352 e. The zero-order valence-electron chi connectivity index (χ0n) is 23.5. The summed E-state index contributed by atoms with van der Waals surface area (Å²) in [6.45, 7) is 10.3. The van der Waals surface area contributed by atoms with Crippen molar-refractivity contribution in [1.82, 2.24) is 10.2 Å². The molecular formula is C30H35Cl2N3O4S. The second-order valence-corrected chi connectivity index (χ2v) is 12.8. The third-order valence-electron chi connectivity index (χ3n) is 6.67. The summed E-state index contributed by atoms with van der Waals surface area (Å²) >= 11 is 12.3. The molecule has 0 fully saturated rings. The number of carbonyl (C=O) groups is 2. The van der Waals surface area contributed by atoms with Crippen molar-refractivity contribution in [3.05, 3.63) is 93.0 Å². The number of anilines is 1. The van der Waals surface area contributed by atoms with E-state index in [9.17, 15) is 18.0 Å².